The van der Waals surface area contributed by atoms with E-state index in [0.29, 0.717) is 26.2 Å². The molecule has 28 heavy (non-hydrogen) atoms. The average molecular weight is 415 g/mol. The number of fused-ring (bicyclic) bond motifs is 3. The zero-order valence-corrected chi connectivity index (χ0v) is 17.2. The molecule has 3 aromatic rings. The third-order valence-electron chi connectivity index (χ3n) is 5.60. The molecule has 1 aromatic carbocycles. The van der Waals surface area contributed by atoms with E-state index >= 15 is 0 Å². The van der Waals surface area contributed by atoms with Gasteiger partial charge in [-0.15, -0.1) is 11.3 Å². The van der Waals surface area contributed by atoms with Crippen molar-refractivity contribution in [1.29, 1.82) is 0 Å². The van der Waals surface area contributed by atoms with E-state index in [2.05, 4.69) is 14.9 Å². The van der Waals surface area contributed by atoms with Gasteiger partial charge in [0.15, 0.2) is 0 Å². The van der Waals surface area contributed by atoms with Crippen LogP contribution in [0.3, 0.4) is 0 Å². The number of hydrogen-bond donors (Lipinski definition) is 0. The largest absolute Gasteiger partial charge is 0.353 e. The van der Waals surface area contributed by atoms with E-state index in [0.717, 1.165) is 29.1 Å². The van der Waals surface area contributed by atoms with Crippen LogP contribution >= 0.6 is 11.3 Å². The minimum atomic E-state index is -3.31. The molecular formula is C20H22N4O2S2. The number of rotatable bonds is 4. The Bertz CT molecular complexity index is 1100. The van der Waals surface area contributed by atoms with Crippen LogP contribution in [-0.4, -0.2) is 48.9 Å². The quantitative estimate of drug-likeness (QED) is 0.657. The maximum Gasteiger partial charge on any atom is 0.218 e. The van der Waals surface area contributed by atoms with Gasteiger partial charge in [0.25, 0.3) is 0 Å². The van der Waals surface area contributed by atoms with Gasteiger partial charge in [0.1, 0.15) is 17.0 Å². The molecule has 0 atom stereocenters. The summed E-state index contributed by atoms with van der Waals surface area (Å²) >= 11 is 1.79. The molecule has 6 nitrogen and oxygen atoms in total. The Labute approximate surface area is 168 Å². The predicted octanol–water partition coefficient (Wildman–Crippen LogP) is 2.83. The highest BCUT2D eigenvalue weighted by atomic mass is 32.2. The average Bonchev–Trinajstić information content (AvgIpc) is 3.29. The number of thiophene rings is 1. The molecule has 2 aliphatic rings. The van der Waals surface area contributed by atoms with E-state index in [1.165, 1.54) is 22.2 Å². The smallest absolute Gasteiger partial charge is 0.218 e. The topological polar surface area (TPSA) is 66.4 Å². The fourth-order valence-electron chi connectivity index (χ4n) is 4.21. The highest BCUT2D eigenvalue weighted by molar-refractivity contribution is 7.88. The normalized spacial score (nSPS) is 17.9. The van der Waals surface area contributed by atoms with E-state index in [4.69, 9.17) is 0 Å². The highest BCUT2D eigenvalue weighted by Crippen LogP contribution is 2.40. The molecule has 1 saturated heterocycles. The molecule has 0 saturated carbocycles. The second-order valence-corrected chi connectivity index (χ2v) is 10.4. The van der Waals surface area contributed by atoms with Crippen LogP contribution in [0.2, 0.25) is 0 Å². The zero-order chi connectivity index (χ0) is 19.1. The first-order chi connectivity index (χ1) is 13.6. The van der Waals surface area contributed by atoms with Crippen molar-refractivity contribution in [2.24, 2.45) is 0 Å². The van der Waals surface area contributed by atoms with Gasteiger partial charge in [-0.3, -0.25) is 0 Å². The van der Waals surface area contributed by atoms with Gasteiger partial charge in [-0.25, -0.2) is 18.4 Å². The molecule has 0 radical (unpaired) electrons. The number of anilines is 1. The van der Waals surface area contributed by atoms with Gasteiger partial charge in [0, 0.05) is 31.1 Å². The van der Waals surface area contributed by atoms with Crippen molar-refractivity contribution >= 4 is 37.4 Å². The maximum absolute atomic E-state index is 12.8. The number of sulfonamides is 1. The monoisotopic (exact) mass is 414 g/mol. The number of aromatic nitrogens is 2. The Hall–Kier alpha value is -2.03. The fourth-order valence-corrected chi connectivity index (χ4v) is 6.95. The summed E-state index contributed by atoms with van der Waals surface area (Å²) in [7, 11) is -3.31. The lowest BCUT2D eigenvalue weighted by Gasteiger charge is -2.35. The molecule has 1 aliphatic carbocycles. The number of benzene rings is 1. The lowest BCUT2D eigenvalue weighted by atomic mass is 10.1. The zero-order valence-electron chi connectivity index (χ0n) is 15.5. The van der Waals surface area contributed by atoms with Crippen molar-refractivity contribution in [3.63, 3.8) is 0 Å². The highest BCUT2D eigenvalue weighted by Gasteiger charge is 2.30. The maximum atomic E-state index is 12.8. The molecule has 0 bridgehead atoms. The lowest BCUT2D eigenvalue weighted by Crippen LogP contribution is -2.49. The van der Waals surface area contributed by atoms with Crippen molar-refractivity contribution in [2.75, 3.05) is 31.1 Å². The van der Waals surface area contributed by atoms with Gasteiger partial charge >= 0.3 is 0 Å². The van der Waals surface area contributed by atoms with Crippen LogP contribution in [0.1, 0.15) is 22.4 Å². The van der Waals surface area contributed by atoms with Crippen LogP contribution in [0.5, 0.6) is 0 Å². The van der Waals surface area contributed by atoms with Gasteiger partial charge in [-0.05, 0) is 30.4 Å². The first-order valence-corrected chi connectivity index (χ1v) is 12.1. The van der Waals surface area contributed by atoms with E-state index in [9.17, 15) is 8.42 Å². The summed E-state index contributed by atoms with van der Waals surface area (Å²) in [6.07, 6.45) is 5.08. The van der Waals surface area contributed by atoms with Crippen molar-refractivity contribution in [1.82, 2.24) is 14.3 Å². The summed E-state index contributed by atoms with van der Waals surface area (Å²) in [5.74, 6) is 1.04. The van der Waals surface area contributed by atoms with Crippen LogP contribution in [0.4, 0.5) is 5.82 Å². The molecule has 3 heterocycles. The van der Waals surface area contributed by atoms with E-state index in [1.54, 1.807) is 22.0 Å². The second-order valence-electron chi connectivity index (χ2n) is 7.36. The van der Waals surface area contributed by atoms with Crippen LogP contribution < -0.4 is 4.90 Å². The minimum Gasteiger partial charge on any atom is -0.353 e. The number of piperazine rings is 1. The van der Waals surface area contributed by atoms with Crippen molar-refractivity contribution in [2.45, 2.75) is 25.0 Å². The molecule has 0 amide bonds. The summed E-state index contributed by atoms with van der Waals surface area (Å²) in [5, 5.41) is 1.19. The Morgan fingerprint density at radius 1 is 1.00 bits per heavy atom. The number of hydrogen-bond acceptors (Lipinski definition) is 6. The molecule has 2 aromatic heterocycles. The molecule has 0 N–H and O–H groups in total. The third-order valence-corrected chi connectivity index (χ3v) is 8.65. The van der Waals surface area contributed by atoms with Crippen LogP contribution in [0.25, 0.3) is 10.2 Å². The van der Waals surface area contributed by atoms with Crippen LogP contribution in [-0.2, 0) is 28.6 Å². The van der Waals surface area contributed by atoms with Crippen LogP contribution in [0, 0.1) is 0 Å². The number of nitrogens with zero attached hydrogens (tertiary/aromatic N) is 4. The molecule has 0 unspecified atom stereocenters. The first kappa shape index (κ1) is 18.0. The molecular weight excluding hydrogens is 392 g/mol. The van der Waals surface area contributed by atoms with Gasteiger partial charge in [0.2, 0.25) is 10.0 Å². The van der Waals surface area contributed by atoms with Gasteiger partial charge in [-0.2, -0.15) is 4.31 Å². The molecule has 1 fully saturated rings. The minimum absolute atomic E-state index is 0.0592. The van der Waals surface area contributed by atoms with Crippen molar-refractivity contribution in [3.05, 3.63) is 52.7 Å². The van der Waals surface area contributed by atoms with Gasteiger partial charge in [-0.1, -0.05) is 30.3 Å². The van der Waals surface area contributed by atoms with E-state index in [1.807, 2.05) is 30.3 Å². The van der Waals surface area contributed by atoms with Gasteiger partial charge < -0.3 is 4.90 Å². The van der Waals surface area contributed by atoms with E-state index in [-0.39, 0.29) is 5.75 Å². The summed E-state index contributed by atoms with van der Waals surface area (Å²) in [6, 6.07) is 9.38. The first-order valence-electron chi connectivity index (χ1n) is 9.64. The van der Waals surface area contributed by atoms with Crippen molar-refractivity contribution < 1.29 is 8.42 Å². The summed E-state index contributed by atoms with van der Waals surface area (Å²) < 4.78 is 27.2. The Morgan fingerprint density at radius 3 is 2.57 bits per heavy atom. The molecule has 146 valence electrons. The number of aryl methyl sites for hydroxylation is 2. The van der Waals surface area contributed by atoms with Crippen LogP contribution in [0.15, 0.2) is 36.7 Å². The fraction of sp³-hybridized carbons (Fsp3) is 0.400. The molecule has 8 heteroatoms. The summed E-state index contributed by atoms with van der Waals surface area (Å²) in [4.78, 5) is 13.8. The van der Waals surface area contributed by atoms with E-state index < -0.39 is 10.0 Å². The Kier molecular flexibility index (Phi) is 4.57. The Morgan fingerprint density at radius 2 is 1.79 bits per heavy atom. The molecule has 0 spiro atoms. The second kappa shape index (κ2) is 7.09. The summed E-state index contributed by atoms with van der Waals surface area (Å²) in [5.41, 5.74) is 2.24. The summed E-state index contributed by atoms with van der Waals surface area (Å²) in [6.45, 7) is 2.30. The third kappa shape index (κ3) is 3.19. The standard InChI is InChI=1S/C20H22N4O2S2/c25-28(26,13-15-5-2-1-3-6-15)24-11-9-23(10-12-24)19-18-16-7-4-8-17(16)27-20(18)22-14-21-19/h1-3,5-6,14H,4,7-13H2. The van der Waals surface area contributed by atoms with Gasteiger partial charge in [0.05, 0.1) is 11.1 Å². The predicted molar refractivity (Wildman–Crippen MR) is 112 cm³/mol. The molecule has 5 rings (SSSR count). The molecule has 1 aliphatic heterocycles. The SMILES string of the molecule is O=S(=O)(Cc1ccccc1)N1CCN(c2ncnc3sc4c(c23)CCC4)CC1. The lowest BCUT2D eigenvalue weighted by molar-refractivity contribution is 0.383. The van der Waals surface area contributed by atoms with Crippen molar-refractivity contribution in [3.8, 4) is 0 Å². The Balaban J connectivity index is 1.35.